The van der Waals surface area contributed by atoms with E-state index in [0.717, 1.165) is 41.5 Å². The van der Waals surface area contributed by atoms with Crippen LogP contribution in [-0.2, 0) is 90.4 Å². The van der Waals surface area contributed by atoms with Crippen LogP contribution in [0.4, 0.5) is 0 Å². The monoisotopic (exact) mass is 767 g/mol. The van der Waals surface area contributed by atoms with E-state index in [0.29, 0.717) is 0 Å². The van der Waals surface area contributed by atoms with Crippen LogP contribution in [0.2, 0.25) is 0 Å². The summed E-state index contributed by atoms with van der Waals surface area (Å²) < 4.78 is 67.3. The van der Waals surface area contributed by atoms with Crippen LogP contribution in [0, 0.1) is 0 Å². The number of esters is 6. The van der Waals surface area contributed by atoms with Crippen LogP contribution >= 0.6 is 0 Å². The molecule has 0 bridgehead atoms. The summed E-state index contributed by atoms with van der Waals surface area (Å²) in [6, 6.07) is -1.30. The van der Waals surface area contributed by atoms with Crippen LogP contribution in [0.3, 0.4) is 0 Å². The van der Waals surface area contributed by atoms with Crippen molar-refractivity contribution in [1.29, 1.82) is 0 Å². The summed E-state index contributed by atoms with van der Waals surface area (Å²) in [6.45, 7) is 6.77. The van der Waals surface area contributed by atoms with E-state index >= 15 is 0 Å². The zero-order valence-electron chi connectivity index (χ0n) is 30.6. The Labute approximate surface area is 305 Å². The molecule has 10 atom stereocenters. The first-order chi connectivity index (χ1) is 25.0. The van der Waals surface area contributed by atoms with Crippen LogP contribution in [0.15, 0.2) is 0 Å². The second kappa shape index (κ2) is 22.9. The van der Waals surface area contributed by atoms with Gasteiger partial charge in [-0.2, -0.15) is 0 Å². The van der Waals surface area contributed by atoms with Crippen LogP contribution in [0.25, 0.3) is 0 Å². The van der Waals surface area contributed by atoms with E-state index in [4.69, 9.17) is 61.9 Å². The lowest BCUT2D eigenvalue weighted by Gasteiger charge is -2.49. The molecule has 53 heavy (non-hydrogen) atoms. The summed E-state index contributed by atoms with van der Waals surface area (Å²) in [6.07, 6.45) is -13.7. The molecule has 0 aromatic carbocycles. The number of hydrogen-bond acceptors (Lipinski definition) is 20. The number of aliphatic hydroxyl groups excluding tert-OH is 1. The Morgan fingerprint density at radius 1 is 0.528 bits per heavy atom. The minimum absolute atomic E-state index is 0.0205. The Bertz CT molecular complexity index is 1250. The zero-order chi connectivity index (χ0) is 39.7. The fourth-order valence-electron chi connectivity index (χ4n) is 5.33. The number of amides is 1. The molecule has 21 nitrogen and oxygen atoms in total. The average molecular weight is 768 g/mol. The number of aliphatic hydroxyl groups is 1. The minimum atomic E-state index is -1.78. The van der Waals surface area contributed by atoms with E-state index < -0.39 is 116 Å². The molecule has 0 saturated carbocycles. The molecule has 1 amide bonds. The predicted molar refractivity (Wildman–Crippen MR) is 170 cm³/mol. The molecule has 2 saturated heterocycles. The molecule has 2 aliphatic rings. The fraction of sp³-hybridized carbons (Fsp3) is 0.781. The summed E-state index contributed by atoms with van der Waals surface area (Å²) in [5.41, 5.74) is 0. The molecule has 21 heteroatoms. The van der Waals surface area contributed by atoms with Gasteiger partial charge in [-0.3, -0.25) is 33.6 Å². The van der Waals surface area contributed by atoms with Crippen LogP contribution < -0.4 is 5.32 Å². The van der Waals surface area contributed by atoms with Crippen LogP contribution in [0.5, 0.6) is 0 Å². The van der Waals surface area contributed by atoms with Gasteiger partial charge in [0.05, 0.1) is 39.6 Å². The minimum Gasteiger partial charge on any atom is -0.463 e. The first kappa shape index (κ1) is 45.2. The highest BCUT2D eigenvalue weighted by Gasteiger charge is 2.57. The lowest BCUT2D eigenvalue weighted by Crippen LogP contribution is -2.69. The van der Waals surface area contributed by atoms with E-state index in [1.807, 2.05) is 0 Å². The Balaban J connectivity index is 2.59. The maximum absolute atomic E-state index is 12.5. The third-order valence-corrected chi connectivity index (χ3v) is 7.13. The Kier molecular flexibility index (Phi) is 19.5. The highest BCUT2D eigenvalue weighted by Crippen LogP contribution is 2.34. The lowest BCUT2D eigenvalue weighted by molar-refractivity contribution is -0.350. The first-order valence-electron chi connectivity index (χ1n) is 16.6. The summed E-state index contributed by atoms with van der Waals surface area (Å²) in [7, 11) is 0. The molecule has 302 valence electrons. The van der Waals surface area contributed by atoms with Crippen molar-refractivity contribution in [2.45, 2.75) is 110 Å². The fourth-order valence-corrected chi connectivity index (χ4v) is 5.33. The standard InChI is InChI=1S/C32H49NO20/c1-16(35)33-25-28(48-20(5)39)26(23(14-45-17(2)36)51-31(25)44-13-12-43-11-10-42-9-8-34)53-32-30(50-22(7)41)29(49-21(6)40)27(47-19(4)38)24(52-32)15-46-18(3)37/h23-32,34H,8-15H2,1-7H3,(H,33,35)/t23-,24-,25-,26-,27+,28-,29+,30-,31+,32+/m1/s1. The van der Waals surface area contributed by atoms with E-state index in [1.165, 1.54) is 6.92 Å². The Hall–Kier alpha value is -3.99. The van der Waals surface area contributed by atoms with Crippen molar-refractivity contribution >= 4 is 41.7 Å². The number of carbonyl (C=O) groups is 7. The molecule has 2 rings (SSSR count). The van der Waals surface area contributed by atoms with Crippen LogP contribution in [0.1, 0.15) is 48.5 Å². The highest BCUT2D eigenvalue weighted by atomic mass is 16.8. The Morgan fingerprint density at radius 2 is 0.981 bits per heavy atom. The van der Waals surface area contributed by atoms with Crippen molar-refractivity contribution in [2.24, 2.45) is 0 Å². The number of carbonyl (C=O) groups excluding carboxylic acids is 7. The van der Waals surface area contributed by atoms with Gasteiger partial charge in [0, 0.05) is 48.5 Å². The second-order valence-corrected chi connectivity index (χ2v) is 11.6. The lowest BCUT2D eigenvalue weighted by atomic mass is 9.94. The van der Waals surface area contributed by atoms with Gasteiger partial charge in [-0.25, -0.2) is 0 Å². The molecule has 0 aromatic heterocycles. The third-order valence-electron chi connectivity index (χ3n) is 7.13. The van der Waals surface area contributed by atoms with Crippen molar-refractivity contribution in [1.82, 2.24) is 5.32 Å². The quantitative estimate of drug-likeness (QED) is 0.0788. The predicted octanol–water partition coefficient (Wildman–Crippen LogP) is -1.78. The van der Waals surface area contributed by atoms with Crippen molar-refractivity contribution in [2.75, 3.05) is 52.9 Å². The van der Waals surface area contributed by atoms with E-state index in [2.05, 4.69) is 5.32 Å². The summed E-state index contributed by atoms with van der Waals surface area (Å²) in [5.74, 6) is -5.60. The van der Waals surface area contributed by atoms with Gasteiger partial charge in [0.2, 0.25) is 5.91 Å². The number of rotatable bonds is 20. The summed E-state index contributed by atoms with van der Waals surface area (Å²) >= 11 is 0. The van der Waals surface area contributed by atoms with Gasteiger partial charge < -0.3 is 67.3 Å². The normalized spacial score (nSPS) is 28.2. The molecule has 0 aliphatic carbocycles. The second-order valence-electron chi connectivity index (χ2n) is 11.6. The summed E-state index contributed by atoms with van der Waals surface area (Å²) in [4.78, 5) is 85.6. The zero-order valence-corrected chi connectivity index (χ0v) is 30.6. The van der Waals surface area contributed by atoms with Gasteiger partial charge in [0.15, 0.2) is 37.0 Å². The molecule has 2 fully saturated rings. The van der Waals surface area contributed by atoms with E-state index in [9.17, 15) is 33.6 Å². The molecule has 2 N–H and O–H groups in total. The SMILES string of the molecule is CC(=O)N[C@H]1[C@@H](OCCOCCOCCO)O[C@H](COC(C)=O)[C@@H](O[C@@H]2O[C@H](COC(C)=O)[C@H](OC(C)=O)[C@H](OC(C)=O)[C@H]2OC(C)=O)[C@@H]1OC(C)=O. The van der Waals surface area contributed by atoms with Crippen molar-refractivity contribution in [3.63, 3.8) is 0 Å². The highest BCUT2D eigenvalue weighted by molar-refractivity contribution is 5.73. The Morgan fingerprint density at radius 3 is 1.49 bits per heavy atom. The van der Waals surface area contributed by atoms with Gasteiger partial charge in [-0.1, -0.05) is 0 Å². The molecular weight excluding hydrogens is 718 g/mol. The molecule has 0 radical (unpaired) electrons. The molecule has 0 unspecified atom stereocenters. The maximum Gasteiger partial charge on any atom is 0.303 e. The van der Waals surface area contributed by atoms with Gasteiger partial charge in [-0.15, -0.1) is 0 Å². The van der Waals surface area contributed by atoms with Crippen molar-refractivity contribution in [3.8, 4) is 0 Å². The van der Waals surface area contributed by atoms with Gasteiger partial charge >= 0.3 is 35.8 Å². The molecular formula is C32H49NO20. The summed E-state index contributed by atoms with van der Waals surface area (Å²) in [5, 5.41) is 11.4. The molecule has 0 aromatic rings. The number of hydrogen-bond donors (Lipinski definition) is 2. The topological polar surface area (TPSA) is 263 Å². The molecule has 2 aliphatic heterocycles. The van der Waals surface area contributed by atoms with Gasteiger partial charge in [0.1, 0.15) is 37.6 Å². The van der Waals surface area contributed by atoms with E-state index in [1.54, 1.807) is 0 Å². The number of ether oxygens (including phenoxy) is 12. The van der Waals surface area contributed by atoms with E-state index in [-0.39, 0.29) is 39.6 Å². The van der Waals surface area contributed by atoms with Gasteiger partial charge in [0.25, 0.3) is 0 Å². The van der Waals surface area contributed by atoms with Gasteiger partial charge in [-0.05, 0) is 0 Å². The third kappa shape index (κ3) is 15.9. The van der Waals surface area contributed by atoms with Crippen molar-refractivity contribution in [3.05, 3.63) is 0 Å². The average Bonchev–Trinajstić information content (AvgIpc) is 3.04. The smallest absolute Gasteiger partial charge is 0.303 e. The first-order valence-corrected chi connectivity index (χ1v) is 16.6. The van der Waals surface area contributed by atoms with Crippen LogP contribution in [-0.4, -0.2) is 161 Å². The maximum atomic E-state index is 12.5. The molecule has 0 spiro atoms. The number of nitrogens with one attached hydrogen (secondary N) is 1. The largest absolute Gasteiger partial charge is 0.463 e. The van der Waals surface area contributed by atoms with Crippen molar-refractivity contribution < 1.29 is 95.5 Å². The molecule has 2 heterocycles.